The van der Waals surface area contributed by atoms with Crippen LogP contribution in [0.4, 0.5) is 19.3 Å². The van der Waals surface area contributed by atoms with Crippen LogP contribution in [0.5, 0.6) is 0 Å². The first-order chi connectivity index (χ1) is 20.2. The number of benzene rings is 2. The molecule has 1 aliphatic carbocycles. The van der Waals surface area contributed by atoms with Gasteiger partial charge in [-0.15, -0.1) is 0 Å². The third kappa shape index (κ3) is 5.67. The monoisotopic (exact) mass is 578 g/mol. The number of halogens is 2. The molecule has 3 aliphatic heterocycles. The molecule has 3 unspecified atom stereocenters. The number of carbonyl (C=O) groups excluding carboxylic acids is 2. The molecule has 1 spiro atoms. The molecule has 42 heavy (non-hydrogen) atoms. The maximum Gasteiger partial charge on any atom is 0.325 e. The molecule has 2 bridgehead atoms. The van der Waals surface area contributed by atoms with Gasteiger partial charge in [0.2, 0.25) is 11.8 Å². The molecule has 3 atom stereocenters. The lowest BCUT2D eigenvalue weighted by Gasteiger charge is -2.49. The van der Waals surface area contributed by atoms with Gasteiger partial charge in [-0.3, -0.25) is 14.6 Å². The SMILES string of the molecule is CC(C)N1C(=O)N(c2ccccc2)CC12CC1CCC(C2)N1CCC(NC(=O)C1CCC(F)(F)CC1)c1ccccc1. The minimum absolute atomic E-state index is 0.0991. The maximum atomic E-state index is 13.7. The molecule has 6 nitrogen and oxygen atoms in total. The van der Waals surface area contributed by atoms with Crippen molar-refractivity contribution in [2.75, 3.05) is 18.0 Å². The van der Waals surface area contributed by atoms with Crippen molar-refractivity contribution in [1.82, 2.24) is 15.1 Å². The third-order valence-electron chi connectivity index (χ3n) is 10.3. The largest absolute Gasteiger partial charge is 0.349 e. The smallest absolute Gasteiger partial charge is 0.325 e. The number of nitrogens with one attached hydrogen (secondary N) is 1. The average molecular weight is 579 g/mol. The maximum absolute atomic E-state index is 13.7. The summed E-state index contributed by atoms with van der Waals surface area (Å²) in [6.07, 6.45) is 4.97. The summed E-state index contributed by atoms with van der Waals surface area (Å²) in [6, 6.07) is 20.9. The molecule has 3 saturated heterocycles. The number of carbonyl (C=O) groups is 2. The fourth-order valence-electron chi connectivity index (χ4n) is 8.33. The van der Waals surface area contributed by atoms with Crippen LogP contribution in [0.3, 0.4) is 0 Å². The molecule has 3 amide bonds. The highest BCUT2D eigenvalue weighted by atomic mass is 19.3. The van der Waals surface area contributed by atoms with Crippen molar-refractivity contribution in [2.45, 2.75) is 107 Å². The summed E-state index contributed by atoms with van der Waals surface area (Å²) in [6.45, 7) is 5.83. The summed E-state index contributed by atoms with van der Waals surface area (Å²) >= 11 is 0. The molecule has 2 aromatic carbocycles. The lowest BCUT2D eigenvalue weighted by Crippen LogP contribution is -2.60. The van der Waals surface area contributed by atoms with Crippen LogP contribution in [0, 0.1) is 5.92 Å². The highest BCUT2D eigenvalue weighted by Crippen LogP contribution is 2.48. The van der Waals surface area contributed by atoms with Gasteiger partial charge in [-0.25, -0.2) is 13.6 Å². The number of hydrogen-bond donors (Lipinski definition) is 1. The van der Waals surface area contributed by atoms with Crippen LogP contribution in [0.25, 0.3) is 0 Å². The molecule has 0 radical (unpaired) electrons. The number of rotatable bonds is 8. The Hall–Kier alpha value is -3.00. The predicted molar refractivity (Wildman–Crippen MR) is 160 cm³/mol. The van der Waals surface area contributed by atoms with Gasteiger partial charge < -0.3 is 10.2 Å². The van der Waals surface area contributed by atoms with Gasteiger partial charge in [-0.1, -0.05) is 48.5 Å². The lowest BCUT2D eigenvalue weighted by molar-refractivity contribution is -0.130. The van der Waals surface area contributed by atoms with Crippen LogP contribution >= 0.6 is 0 Å². The van der Waals surface area contributed by atoms with E-state index in [1.165, 1.54) is 0 Å². The fourth-order valence-corrected chi connectivity index (χ4v) is 8.33. The average Bonchev–Trinajstić information content (AvgIpc) is 3.40. The van der Waals surface area contributed by atoms with E-state index in [0.29, 0.717) is 12.1 Å². The Labute approximate surface area is 248 Å². The van der Waals surface area contributed by atoms with Gasteiger partial charge in [-0.2, -0.15) is 0 Å². The van der Waals surface area contributed by atoms with Crippen LogP contribution in [0.1, 0.15) is 83.2 Å². The fraction of sp³-hybridized carbons (Fsp3) is 0.588. The van der Waals surface area contributed by atoms with Crippen LogP contribution in [0.15, 0.2) is 60.7 Å². The molecular formula is C34H44F2N4O2. The second-order valence-electron chi connectivity index (χ2n) is 13.3. The van der Waals surface area contributed by atoms with E-state index in [-0.39, 0.29) is 61.2 Å². The van der Waals surface area contributed by atoms with Crippen LogP contribution in [-0.4, -0.2) is 64.4 Å². The van der Waals surface area contributed by atoms with E-state index in [2.05, 4.69) is 29.0 Å². The van der Waals surface area contributed by atoms with Gasteiger partial charge in [0.25, 0.3) is 0 Å². The van der Waals surface area contributed by atoms with E-state index < -0.39 is 5.92 Å². The first-order valence-electron chi connectivity index (χ1n) is 15.8. The number of piperidine rings is 1. The Kier molecular flexibility index (Phi) is 8.03. The van der Waals surface area contributed by atoms with E-state index in [9.17, 15) is 18.4 Å². The lowest BCUT2D eigenvalue weighted by atomic mass is 9.81. The van der Waals surface area contributed by atoms with Crippen molar-refractivity contribution in [3.63, 3.8) is 0 Å². The summed E-state index contributed by atoms with van der Waals surface area (Å²) in [4.78, 5) is 33.7. The third-order valence-corrected chi connectivity index (χ3v) is 10.3. The standard InChI is InChI=1S/C34H44F2N4O2/c1-24(2)40-32(42)39(27-11-7-4-8-12-27)23-33(40)21-28-13-14-29(22-33)38(28)20-17-30(25-9-5-3-6-10-25)37-31(41)26-15-18-34(35,36)19-16-26/h3-12,24,26,28-30H,13-23H2,1-2H3,(H,37,41). The van der Waals surface area contributed by atoms with E-state index in [4.69, 9.17) is 0 Å². The van der Waals surface area contributed by atoms with Crippen LogP contribution in [0.2, 0.25) is 0 Å². The molecule has 4 fully saturated rings. The number of urea groups is 1. The molecule has 1 saturated carbocycles. The molecule has 0 aromatic heterocycles. The summed E-state index contributed by atoms with van der Waals surface area (Å²) in [5.41, 5.74) is 1.83. The van der Waals surface area contributed by atoms with Gasteiger partial charge in [0.1, 0.15) is 0 Å². The molecule has 4 aliphatic rings. The Bertz CT molecular complexity index is 1230. The topological polar surface area (TPSA) is 55.9 Å². The van der Waals surface area contributed by atoms with Crippen molar-refractivity contribution in [3.05, 3.63) is 66.2 Å². The van der Waals surface area contributed by atoms with Crippen molar-refractivity contribution < 1.29 is 18.4 Å². The highest BCUT2D eigenvalue weighted by Gasteiger charge is 2.58. The molecule has 6 rings (SSSR count). The molecule has 2 aromatic rings. The van der Waals surface area contributed by atoms with Gasteiger partial charge >= 0.3 is 6.03 Å². The Balaban J connectivity index is 1.15. The minimum Gasteiger partial charge on any atom is -0.349 e. The summed E-state index contributed by atoms with van der Waals surface area (Å²) < 4.78 is 27.4. The van der Waals surface area contributed by atoms with E-state index in [0.717, 1.165) is 56.4 Å². The molecule has 3 heterocycles. The number of anilines is 1. The Morgan fingerprint density at radius 3 is 2.12 bits per heavy atom. The van der Waals surface area contributed by atoms with Gasteiger partial charge in [-0.05, 0) is 76.5 Å². The predicted octanol–water partition coefficient (Wildman–Crippen LogP) is 6.78. The first-order valence-corrected chi connectivity index (χ1v) is 15.8. The zero-order valence-corrected chi connectivity index (χ0v) is 24.9. The summed E-state index contributed by atoms with van der Waals surface area (Å²) in [5, 5.41) is 3.25. The second-order valence-corrected chi connectivity index (χ2v) is 13.3. The van der Waals surface area contributed by atoms with E-state index in [1.807, 2.05) is 65.6 Å². The number of amides is 3. The zero-order valence-electron chi connectivity index (χ0n) is 24.9. The Morgan fingerprint density at radius 1 is 0.929 bits per heavy atom. The number of nitrogens with zero attached hydrogens (tertiary/aromatic N) is 3. The molecule has 8 heteroatoms. The molecular weight excluding hydrogens is 534 g/mol. The second kappa shape index (κ2) is 11.6. The number of hydrogen-bond acceptors (Lipinski definition) is 3. The Morgan fingerprint density at radius 2 is 1.52 bits per heavy atom. The van der Waals surface area contributed by atoms with Gasteiger partial charge in [0.05, 0.1) is 18.1 Å². The normalized spacial score (nSPS) is 28.5. The van der Waals surface area contributed by atoms with Crippen LogP contribution < -0.4 is 10.2 Å². The van der Waals surface area contributed by atoms with Crippen LogP contribution in [-0.2, 0) is 4.79 Å². The van der Waals surface area contributed by atoms with E-state index in [1.54, 1.807) is 0 Å². The van der Waals surface area contributed by atoms with Crippen molar-refractivity contribution in [3.8, 4) is 0 Å². The number of para-hydroxylation sites is 1. The van der Waals surface area contributed by atoms with E-state index >= 15 is 0 Å². The van der Waals surface area contributed by atoms with Crippen molar-refractivity contribution in [2.24, 2.45) is 5.92 Å². The minimum atomic E-state index is -2.65. The summed E-state index contributed by atoms with van der Waals surface area (Å²) in [7, 11) is 0. The summed E-state index contributed by atoms with van der Waals surface area (Å²) in [5.74, 6) is -3.09. The quantitative estimate of drug-likeness (QED) is 0.376. The number of fused-ring (bicyclic) bond motifs is 2. The highest BCUT2D eigenvalue weighted by molar-refractivity contribution is 5.95. The number of alkyl halides is 2. The molecule has 226 valence electrons. The van der Waals surface area contributed by atoms with Crippen molar-refractivity contribution in [1.29, 1.82) is 0 Å². The van der Waals surface area contributed by atoms with Gasteiger partial charge in [0, 0.05) is 49.1 Å². The first kappa shape index (κ1) is 29.1. The molecule has 1 N–H and O–H groups in total. The van der Waals surface area contributed by atoms with Crippen molar-refractivity contribution >= 4 is 17.6 Å². The van der Waals surface area contributed by atoms with Gasteiger partial charge in [0.15, 0.2) is 0 Å². The zero-order chi connectivity index (χ0) is 29.5.